The second-order valence-corrected chi connectivity index (χ2v) is 8.81. The van der Waals surface area contributed by atoms with Crippen LogP contribution in [0.5, 0.6) is 0 Å². The SMILES string of the molecule is CC(=O)NCCN(CCCCc1ccc2c(n1)NCCC2)CC[C@H](Nc1nccnc1C#N)C(=O)O. The van der Waals surface area contributed by atoms with Crippen LogP contribution in [0.15, 0.2) is 24.5 Å². The number of carboxylic acids is 1. The molecule has 2 aromatic heterocycles. The van der Waals surface area contributed by atoms with Gasteiger partial charge in [0, 0.05) is 51.2 Å². The van der Waals surface area contributed by atoms with E-state index in [1.165, 1.54) is 24.9 Å². The summed E-state index contributed by atoms with van der Waals surface area (Å²) < 4.78 is 0. The van der Waals surface area contributed by atoms with Gasteiger partial charge >= 0.3 is 5.97 Å². The summed E-state index contributed by atoms with van der Waals surface area (Å²) in [6.45, 7) is 4.82. The number of aromatic nitrogens is 3. The average Bonchev–Trinajstić information content (AvgIpc) is 2.88. The van der Waals surface area contributed by atoms with Gasteiger partial charge in [0.05, 0.1) is 0 Å². The van der Waals surface area contributed by atoms with Crippen LogP contribution in [-0.2, 0) is 22.4 Å². The third-order valence-electron chi connectivity index (χ3n) is 6.06. The molecule has 4 N–H and O–H groups in total. The molecule has 0 spiro atoms. The molecule has 0 fully saturated rings. The standard InChI is InChI=1S/C25H34N8O3/c1-18(34)27-13-16-33(14-3-2-6-20-8-7-19-5-4-10-29-23(19)31-20)15-9-21(25(35)36)32-24-22(17-26)28-11-12-30-24/h7-8,11-12,21H,2-6,9-10,13-16H2,1H3,(H,27,34)(H,29,31)(H,30,32)(H,35,36)/t21-/m0/s1. The first-order chi connectivity index (χ1) is 17.5. The molecule has 1 amide bonds. The third kappa shape index (κ3) is 8.46. The number of pyridine rings is 1. The number of rotatable bonds is 14. The molecule has 11 heteroatoms. The Morgan fingerprint density at radius 1 is 1.22 bits per heavy atom. The minimum atomic E-state index is -1.03. The van der Waals surface area contributed by atoms with E-state index in [2.05, 4.69) is 43.0 Å². The maximum atomic E-state index is 11.9. The Kier molecular flexibility index (Phi) is 10.4. The first kappa shape index (κ1) is 26.8. The highest BCUT2D eigenvalue weighted by Gasteiger charge is 2.21. The van der Waals surface area contributed by atoms with Gasteiger partial charge in [-0.2, -0.15) is 5.26 Å². The molecule has 0 aromatic carbocycles. The Morgan fingerprint density at radius 3 is 2.83 bits per heavy atom. The summed E-state index contributed by atoms with van der Waals surface area (Å²) in [5, 5.41) is 27.9. The number of nitrogens with zero attached hydrogens (tertiary/aromatic N) is 5. The molecule has 3 rings (SSSR count). The van der Waals surface area contributed by atoms with Gasteiger partial charge in [-0.15, -0.1) is 0 Å². The molecule has 0 aliphatic carbocycles. The van der Waals surface area contributed by atoms with E-state index in [0.717, 1.165) is 56.7 Å². The van der Waals surface area contributed by atoms with E-state index in [9.17, 15) is 20.0 Å². The summed E-state index contributed by atoms with van der Waals surface area (Å²) in [5.41, 5.74) is 2.40. The zero-order chi connectivity index (χ0) is 25.8. The summed E-state index contributed by atoms with van der Waals surface area (Å²) >= 11 is 0. The van der Waals surface area contributed by atoms with Crippen molar-refractivity contribution in [3.05, 3.63) is 41.5 Å². The predicted molar refractivity (Wildman–Crippen MR) is 136 cm³/mol. The van der Waals surface area contributed by atoms with Crippen LogP contribution in [-0.4, -0.2) is 75.6 Å². The molecule has 2 aromatic rings. The molecule has 1 aliphatic rings. The first-order valence-corrected chi connectivity index (χ1v) is 12.4. The predicted octanol–water partition coefficient (Wildman–Crippen LogP) is 1.82. The summed E-state index contributed by atoms with van der Waals surface area (Å²) in [7, 11) is 0. The van der Waals surface area contributed by atoms with E-state index in [1.807, 2.05) is 6.07 Å². The molecule has 0 radical (unpaired) electrons. The molecule has 1 aliphatic heterocycles. The minimum Gasteiger partial charge on any atom is -0.480 e. The van der Waals surface area contributed by atoms with E-state index in [0.29, 0.717) is 26.1 Å². The number of carbonyl (C=O) groups excluding carboxylic acids is 1. The van der Waals surface area contributed by atoms with Crippen molar-refractivity contribution < 1.29 is 14.7 Å². The first-order valence-electron chi connectivity index (χ1n) is 12.4. The van der Waals surface area contributed by atoms with E-state index in [1.54, 1.807) is 0 Å². The van der Waals surface area contributed by atoms with Crippen LogP contribution in [0, 0.1) is 11.3 Å². The van der Waals surface area contributed by atoms with Crippen molar-refractivity contribution in [1.29, 1.82) is 5.26 Å². The van der Waals surface area contributed by atoms with Gasteiger partial charge in [0.25, 0.3) is 0 Å². The second kappa shape index (κ2) is 13.9. The normalized spacial score (nSPS) is 13.2. The molecular weight excluding hydrogens is 460 g/mol. The lowest BCUT2D eigenvalue weighted by atomic mass is 10.1. The molecule has 3 heterocycles. The summed E-state index contributed by atoms with van der Waals surface area (Å²) in [5.74, 6) is 0.0343. The molecular formula is C25H34N8O3. The molecule has 192 valence electrons. The zero-order valence-corrected chi connectivity index (χ0v) is 20.7. The van der Waals surface area contributed by atoms with Gasteiger partial charge in [-0.05, 0) is 56.7 Å². The van der Waals surface area contributed by atoms with Crippen molar-refractivity contribution in [1.82, 2.24) is 25.2 Å². The summed E-state index contributed by atoms with van der Waals surface area (Å²) in [4.78, 5) is 38.0. The number of carboxylic acid groups (broad SMARTS) is 1. The Bertz CT molecular complexity index is 1070. The van der Waals surface area contributed by atoms with Crippen LogP contribution in [0.2, 0.25) is 0 Å². The Hall–Kier alpha value is -3.78. The summed E-state index contributed by atoms with van der Waals surface area (Å²) in [6, 6.07) is 5.26. The molecule has 0 saturated carbocycles. The van der Waals surface area contributed by atoms with Gasteiger partial charge in [0.2, 0.25) is 5.91 Å². The lowest BCUT2D eigenvalue weighted by Gasteiger charge is -2.24. The Balaban J connectivity index is 1.52. The Morgan fingerprint density at radius 2 is 2.06 bits per heavy atom. The molecule has 36 heavy (non-hydrogen) atoms. The van der Waals surface area contributed by atoms with Crippen LogP contribution in [0.1, 0.15) is 49.6 Å². The van der Waals surface area contributed by atoms with Crippen molar-refractivity contribution in [2.45, 2.75) is 51.5 Å². The number of carbonyl (C=O) groups is 2. The fourth-order valence-electron chi connectivity index (χ4n) is 4.13. The number of fused-ring (bicyclic) bond motifs is 1. The monoisotopic (exact) mass is 494 g/mol. The van der Waals surface area contributed by atoms with Gasteiger partial charge in [-0.1, -0.05) is 6.07 Å². The Labute approximate surface area is 211 Å². The number of nitriles is 1. The zero-order valence-electron chi connectivity index (χ0n) is 20.7. The molecule has 0 saturated heterocycles. The molecule has 11 nitrogen and oxygen atoms in total. The van der Waals surface area contributed by atoms with E-state index in [4.69, 9.17) is 4.98 Å². The largest absolute Gasteiger partial charge is 0.480 e. The van der Waals surface area contributed by atoms with Crippen LogP contribution in [0.25, 0.3) is 0 Å². The van der Waals surface area contributed by atoms with Gasteiger partial charge in [-0.3, -0.25) is 4.79 Å². The van der Waals surface area contributed by atoms with Gasteiger partial charge in [-0.25, -0.2) is 19.7 Å². The van der Waals surface area contributed by atoms with Crippen LogP contribution in [0.3, 0.4) is 0 Å². The number of aryl methyl sites for hydroxylation is 2. The molecule has 1 atom stereocenters. The number of anilines is 2. The van der Waals surface area contributed by atoms with E-state index >= 15 is 0 Å². The third-order valence-corrected chi connectivity index (χ3v) is 6.06. The van der Waals surface area contributed by atoms with Crippen molar-refractivity contribution in [2.24, 2.45) is 0 Å². The lowest BCUT2D eigenvalue weighted by Crippen LogP contribution is -2.39. The van der Waals surface area contributed by atoms with E-state index < -0.39 is 12.0 Å². The van der Waals surface area contributed by atoms with Crippen LogP contribution >= 0.6 is 0 Å². The number of unbranched alkanes of at least 4 members (excludes halogenated alkanes) is 1. The fraction of sp³-hybridized carbons (Fsp3) is 0.520. The average molecular weight is 495 g/mol. The lowest BCUT2D eigenvalue weighted by molar-refractivity contribution is -0.138. The highest BCUT2D eigenvalue weighted by molar-refractivity contribution is 5.77. The van der Waals surface area contributed by atoms with Gasteiger partial charge in [0.15, 0.2) is 11.5 Å². The van der Waals surface area contributed by atoms with Crippen molar-refractivity contribution in [3.63, 3.8) is 0 Å². The van der Waals surface area contributed by atoms with Crippen LogP contribution < -0.4 is 16.0 Å². The molecule has 0 unspecified atom stereocenters. The van der Waals surface area contributed by atoms with Crippen molar-refractivity contribution >= 4 is 23.5 Å². The number of amides is 1. The highest BCUT2D eigenvalue weighted by atomic mass is 16.4. The maximum Gasteiger partial charge on any atom is 0.326 e. The van der Waals surface area contributed by atoms with Crippen molar-refractivity contribution in [2.75, 3.05) is 43.4 Å². The quantitative estimate of drug-likeness (QED) is 0.286. The topological polar surface area (TPSA) is 156 Å². The fourth-order valence-corrected chi connectivity index (χ4v) is 4.13. The van der Waals surface area contributed by atoms with E-state index in [-0.39, 0.29) is 17.4 Å². The summed E-state index contributed by atoms with van der Waals surface area (Å²) in [6.07, 6.45) is 8.05. The smallest absolute Gasteiger partial charge is 0.326 e. The number of hydrogen-bond donors (Lipinski definition) is 4. The maximum absolute atomic E-state index is 11.9. The second-order valence-electron chi connectivity index (χ2n) is 8.81. The van der Waals surface area contributed by atoms with Gasteiger partial charge < -0.3 is 26.0 Å². The minimum absolute atomic E-state index is 0.0530. The van der Waals surface area contributed by atoms with Gasteiger partial charge in [0.1, 0.15) is 17.9 Å². The number of nitrogens with one attached hydrogen (secondary N) is 3. The van der Waals surface area contributed by atoms with Crippen LogP contribution in [0.4, 0.5) is 11.6 Å². The number of hydrogen-bond acceptors (Lipinski definition) is 9. The highest BCUT2D eigenvalue weighted by Crippen LogP contribution is 2.20. The molecule has 0 bridgehead atoms. The van der Waals surface area contributed by atoms with Crippen molar-refractivity contribution in [3.8, 4) is 6.07 Å². The number of aliphatic carboxylic acids is 1.